The van der Waals surface area contributed by atoms with Gasteiger partial charge in [-0.3, -0.25) is 9.59 Å². The molecule has 60 heavy (non-hydrogen) atoms. The number of hydrogen-bond acceptors (Lipinski definition) is 2. The molecule has 0 N–H and O–H groups in total. The lowest BCUT2D eigenvalue weighted by atomic mass is 9.81. The Morgan fingerprint density at radius 2 is 0.400 bits per heavy atom. The van der Waals surface area contributed by atoms with Crippen molar-refractivity contribution in [1.29, 1.82) is 0 Å². The zero-order valence-corrected chi connectivity index (χ0v) is 33.1. The average Bonchev–Trinajstić information content (AvgIpc) is 3.34. The zero-order chi connectivity index (χ0) is 40.9. The van der Waals surface area contributed by atoms with Gasteiger partial charge in [-0.2, -0.15) is 0 Å². The maximum atomic E-state index is 15.1. The van der Waals surface area contributed by atoms with E-state index in [1.54, 1.807) is 0 Å². The maximum absolute atomic E-state index is 15.1. The van der Waals surface area contributed by atoms with Gasteiger partial charge in [-0.15, -0.1) is 0 Å². The lowest BCUT2D eigenvalue weighted by Gasteiger charge is -2.21. The first-order valence-electron chi connectivity index (χ1n) is 20.1. The Labute approximate surface area is 352 Å². The van der Waals surface area contributed by atoms with Crippen LogP contribution in [0.1, 0.15) is 54.1 Å². The summed E-state index contributed by atoms with van der Waals surface area (Å²) in [5.41, 5.74) is 10.9. The largest absolute Gasteiger partial charge is 0.289 e. The van der Waals surface area contributed by atoms with Gasteiger partial charge >= 0.3 is 0 Å². The molecular weight excluding hydrogens is 729 g/mol. The molecule has 0 bridgehead atoms. The predicted octanol–water partition coefficient (Wildman–Crippen LogP) is 14.1. The van der Waals surface area contributed by atoms with E-state index in [1.165, 1.54) is 0 Å². The van der Waals surface area contributed by atoms with Gasteiger partial charge in [-0.05, 0) is 44.5 Å². The molecule has 2 nitrogen and oxygen atoms in total. The molecule has 8 aromatic carbocycles. The van der Waals surface area contributed by atoms with Gasteiger partial charge in [-0.1, -0.05) is 255 Å². The van der Waals surface area contributed by atoms with E-state index in [2.05, 4.69) is 60.7 Å². The Hall–Kier alpha value is -7.94. The van der Waals surface area contributed by atoms with Crippen LogP contribution in [-0.4, -0.2) is 11.6 Å². The quantitative estimate of drug-likeness (QED) is 0.0506. The van der Waals surface area contributed by atoms with E-state index in [9.17, 15) is 0 Å². The molecule has 0 fully saturated rings. The van der Waals surface area contributed by atoms with Crippen molar-refractivity contribution < 1.29 is 9.59 Å². The summed E-state index contributed by atoms with van der Waals surface area (Å²) in [7, 11) is 0. The molecule has 0 aliphatic heterocycles. The minimum absolute atomic E-state index is 0.0839. The van der Waals surface area contributed by atoms with Crippen LogP contribution in [0.5, 0.6) is 0 Å². The summed E-state index contributed by atoms with van der Waals surface area (Å²) in [6, 6.07) is 79.5. The highest BCUT2D eigenvalue weighted by Gasteiger charge is 2.26. The molecule has 2 heteroatoms. The highest BCUT2D eigenvalue weighted by atomic mass is 16.1. The number of benzene rings is 8. The third kappa shape index (κ3) is 8.79. The first kappa shape index (κ1) is 38.9. The minimum atomic E-state index is -0.0839. The average molecular weight is 771 g/mol. The lowest BCUT2D eigenvalue weighted by Crippen LogP contribution is -2.08. The summed E-state index contributed by atoms with van der Waals surface area (Å²) in [6.45, 7) is 0. The molecule has 0 aromatic heterocycles. The molecule has 0 saturated carbocycles. The molecule has 8 rings (SSSR count). The highest BCUT2D eigenvalue weighted by molar-refractivity contribution is 6.40. The Kier molecular flexibility index (Phi) is 12.3. The number of Topliss-reactive ketones (excluding diaryl/α,β-unsaturated/α-hetero) is 2. The Morgan fingerprint density at radius 3 is 0.633 bits per heavy atom. The second-order valence-electron chi connectivity index (χ2n) is 14.2. The zero-order valence-electron chi connectivity index (χ0n) is 33.1. The third-order valence-electron chi connectivity index (χ3n) is 10.4. The van der Waals surface area contributed by atoms with Crippen molar-refractivity contribution in [2.45, 2.75) is 0 Å². The predicted molar refractivity (Wildman–Crippen MR) is 250 cm³/mol. The fourth-order valence-electron chi connectivity index (χ4n) is 7.58. The molecule has 0 unspecified atom stereocenters. The second kappa shape index (κ2) is 19.0. The summed E-state index contributed by atoms with van der Waals surface area (Å²) in [6.07, 6.45) is 4.25. The smallest absolute Gasteiger partial charge is 0.194 e. The van der Waals surface area contributed by atoms with Gasteiger partial charge in [0.25, 0.3) is 0 Å². The number of rotatable bonds is 13. The molecule has 0 amide bonds. The molecular formula is C58H42O2. The number of ketones is 2. The minimum Gasteiger partial charge on any atom is -0.289 e. The Bertz CT molecular complexity index is 2610. The monoisotopic (exact) mass is 770 g/mol. The van der Waals surface area contributed by atoms with Gasteiger partial charge in [0.1, 0.15) is 0 Å². The van der Waals surface area contributed by atoms with Crippen LogP contribution in [0.3, 0.4) is 0 Å². The molecule has 0 atom stereocenters. The van der Waals surface area contributed by atoms with E-state index in [-0.39, 0.29) is 11.6 Å². The topological polar surface area (TPSA) is 34.1 Å². The van der Waals surface area contributed by atoms with E-state index in [0.717, 1.165) is 55.7 Å². The van der Waals surface area contributed by atoms with Crippen molar-refractivity contribution in [1.82, 2.24) is 0 Å². The first-order valence-corrected chi connectivity index (χ1v) is 20.1. The van der Waals surface area contributed by atoms with Crippen molar-refractivity contribution in [3.63, 3.8) is 0 Å². The van der Waals surface area contributed by atoms with E-state index < -0.39 is 0 Å². The van der Waals surface area contributed by atoms with Crippen molar-refractivity contribution in [3.8, 4) is 0 Å². The first-order chi connectivity index (χ1) is 29.7. The van der Waals surface area contributed by atoms with Crippen LogP contribution in [0, 0.1) is 0 Å². The summed E-state index contributed by atoms with van der Waals surface area (Å²) >= 11 is 0. The standard InChI is InChI=1S/C58H42O2/c59-57(49-37-21-7-22-38-49)55(47-33-17-5-18-34-47)53(45-29-13-3-14-30-45)51(43-25-9-1-10-26-43)41-42-52(44-27-11-2-12-28-44)54(46-31-15-4-16-32-46)56(48-35-19-6-20-36-48)58(60)50-39-23-8-24-40-50/h1-42H/b51-41+,52-42+,55-53-,56-54-. The van der Waals surface area contributed by atoms with E-state index in [4.69, 9.17) is 0 Å². The van der Waals surface area contributed by atoms with Crippen LogP contribution in [0.15, 0.2) is 255 Å². The molecule has 0 aliphatic carbocycles. The summed E-state index contributed by atoms with van der Waals surface area (Å²) in [5.74, 6) is -0.168. The van der Waals surface area contributed by atoms with E-state index in [0.29, 0.717) is 22.3 Å². The van der Waals surface area contributed by atoms with Gasteiger partial charge in [0.05, 0.1) is 0 Å². The van der Waals surface area contributed by atoms with E-state index in [1.807, 2.05) is 194 Å². The van der Waals surface area contributed by atoms with E-state index >= 15 is 9.59 Å². The van der Waals surface area contributed by atoms with Gasteiger partial charge in [0.2, 0.25) is 0 Å². The van der Waals surface area contributed by atoms with Crippen LogP contribution in [0.25, 0.3) is 33.4 Å². The number of allylic oxidation sites excluding steroid dienone is 8. The number of hydrogen-bond donors (Lipinski definition) is 0. The number of carbonyl (C=O) groups is 2. The maximum Gasteiger partial charge on any atom is 0.194 e. The Morgan fingerprint density at radius 1 is 0.217 bits per heavy atom. The van der Waals surface area contributed by atoms with Gasteiger partial charge < -0.3 is 0 Å². The summed E-state index contributed by atoms with van der Waals surface area (Å²) in [5, 5.41) is 0. The summed E-state index contributed by atoms with van der Waals surface area (Å²) < 4.78 is 0. The molecule has 0 heterocycles. The second-order valence-corrected chi connectivity index (χ2v) is 14.2. The lowest BCUT2D eigenvalue weighted by molar-refractivity contribution is 0.104. The van der Waals surface area contributed by atoms with Crippen molar-refractivity contribution in [2.24, 2.45) is 0 Å². The van der Waals surface area contributed by atoms with Crippen LogP contribution in [0.4, 0.5) is 0 Å². The van der Waals surface area contributed by atoms with Crippen molar-refractivity contribution in [3.05, 3.63) is 299 Å². The number of carbonyl (C=O) groups excluding carboxylic acids is 2. The van der Waals surface area contributed by atoms with Crippen LogP contribution in [0.2, 0.25) is 0 Å². The molecule has 8 aromatic rings. The van der Waals surface area contributed by atoms with Gasteiger partial charge in [0, 0.05) is 33.4 Å². The van der Waals surface area contributed by atoms with Gasteiger partial charge in [0.15, 0.2) is 11.6 Å². The molecule has 0 spiro atoms. The third-order valence-corrected chi connectivity index (χ3v) is 10.4. The molecule has 286 valence electrons. The molecule has 0 saturated heterocycles. The fraction of sp³-hybridized carbons (Fsp3) is 0. The van der Waals surface area contributed by atoms with Crippen LogP contribution < -0.4 is 0 Å². The Balaban J connectivity index is 1.52. The van der Waals surface area contributed by atoms with Gasteiger partial charge in [-0.25, -0.2) is 0 Å². The van der Waals surface area contributed by atoms with Crippen LogP contribution in [-0.2, 0) is 0 Å². The van der Waals surface area contributed by atoms with Crippen LogP contribution >= 0.6 is 0 Å². The normalized spacial score (nSPS) is 12.5. The van der Waals surface area contributed by atoms with Crippen molar-refractivity contribution in [2.75, 3.05) is 0 Å². The summed E-state index contributed by atoms with van der Waals surface area (Å²) in [4.78, 5) is 30.1. The fourth-order valence-corrected chi connectivity index (χ4v) is 7.58. The molecule has 0 aliphatic rings. The highest BCUT2D eigenvalue weighted by Crippen LogP contribution is 2.43. The molecule has 0 radical (unpaired) electrons. The SMILES string of the molecule is O=C(\C(=C(/C(=C/C=C(/C(=C(\C(=O)c1ccccc1)c1ccccc1)c1ccccc1)c1ccccc1)c1ccccc1)c1ccccc1)c1ccccc1)c1ccccc1. The van der Waals surface area contributed by atoms with Crippen molar-refractivity contribution >= 4 is 45.0 Å².